The van der Waals surface area contributed by atoms with Crippen molar-refractivity contribution in [3.63, 3.8) is 0 Å². The Morgan fingerprint density at radius 3 is 2.44 bits per heavy atom. The van der Waals surface area contributed by atoms with Gasteiger partial charge in [-0.3, -0.25) is 0 Å². The zero-order chi connectivity index (χ0) is 13.1. The van der Waals surface area contributed by atoms with Crippen molar-refractivity contribution in [3.8, 4) is 0 Å². The van der Waals surface area contributed by atoms with Crippen LogP contribution in [0.2, 0.25) is 5.02 Å². The lowest BCUT2D eigenvalue weighted by Gasteiger charge is -2.33. The number of halogens is 1. The number of nitrogens with one attached hydrogen (secondary N) is 1. The molecule has 1 fully saturated rings. The standard InChI is InChI=1S/C16H24ClN/c1-11-4-6-13(7-5-11)16(18-3)15-9-8-14(17)10-12(15)2/h8-11,13,16,18H,4-7H2,1-3H3. The number of rotatable bonds is 3. The van der Waals surface area contributed by atoms with E-state index in [0.717, 1.165) is 16.9 Å². The van der Waals surface area contributed by atoms with E-state index in [1.807, 2.05) is 6.07 Å². The quantitative estimate of drug-likeness (QED) is 0.833. The van der Waals surface area contributed by atoms with Crippen molar-refractivity contribution in [2.45, 2.75) is 45.6 Å². The Kier molecular flexibility index (Phi) is 4.69. The first-order chi connectivity index (χ1) is 8.61. The smallest absolute Gasteiger partial charge is 0.0408 e. The Morgan fingerprint density at radius 1 is 1.22 bits per heavy atom. The molecule has 0 heterocycles. The maximum Gasteiger partial charge on any atom is 0.0408 e. The predicted molar refractivity (Wildman–Crippen MR) is 79.1 cm³/mol. The van der Waals surface area contributed by atoms with Crippen LogP contribution in [0.4, 0.5) is 0 Å². The monoisotopic (exact) mass is 265 g/mol. The molecule has 2 heteroatoms. The Hall–Kier alpha value is -0.530. The van der Waals surface area contributed by atoms with E-state index in [0.29, 0.717) is 6.04 Å². The maximum absolute atomic E-state index is 6.05. The van der Waals surface area contributed by atoms with Crippen molar-refractivity contribution in [1.29, 1.82) is 0 Å². The molecule has 1 N–H and O–H groups in total. The summed E-state index contributed by atoms with van der Waals surface area (Å²) in [6.45, 7) is 4.54. The molecule has 1 aliphatic rings. The Balaban J connectivity index is 2.17. The third-order valence-corrected chi connectivity index (χ3v) is 4.64. The molecule has 0 spiro atoms. The van der Waals surface area contributed by atoms with Crippen molar-refractivity contribution >= 4 is 11.6 Å². The third kappa shape index (κ3) is 3.07. The largest absolute Gasteiger partial charge is 0.313 e. The van der Waals surface area contributed by atoms with Crippen molar-refractivity contribution in [2.24, 2.45) is 11.8 Å². The van der Waals surface area contributed by atoms with Gasteiger partial charge in [0, 0.05) is 11.1 Å². The van der Waals surface area contributed by atoms with Gasteiger partial charge in [-0.1, -0.05) is 37.4 Å². The summed E-state index contributed by atoms with van der Waals surface area (Å²) in [6.07, 6.45) is 5.43. The average Bonchev–Trinajstić information content (AvgIpc) is 2.35. The second-order valence-electron chi connectivity index (χ2n) is 5.79. The molecule has 0 saturated heterocycles. The molecule has 0 aliphatic heterocycles. The van der Waals surface area contributed by atoms with Gasteiger partial charge < -0.3 is 5.32 Å². The molecule has 18 heavy (non-hydrogen) atoms. The molecule has 0 amide bonds. The molecule has 100 valence electrons. The third-order valence-electron chi connectivity index (χ3n) is 4.41. The van der Waals surface area contributed by atoms with E-state index < -0.39 is 0 Å². The summed E-state index contributed by atoms with van der Waals surface area (Å²) in [5.74, 6) is 1.68. The zero-order valence-corrected chi connectivity index (χ0v) is 12.4. The molecular formula is C16H24ClN. The molecule has 1 nitrogen and oxygen atoms in total. The minimum absolute atomic E-state index is 0.481. The van der Waals surface area contributed by atoms with Gasteiger partial charge in [0.05, 0.1) is 0 Å². The molecule has 1 aromatic carbocycles. The van der Waals surface area contributed by atoms with Crippen molar-refractivity contribution in [1.82, 2.24) is 5.32 Å². The maximum atomic E-state index is 6.05. The molecule has 1 aliphatic carbocycles. The van der Waals surface area contributed by atoms with E-state index in [1.165, 1.54) is 36.8 Å². The first kappa shape index (κ1) is 13.9. The second kappa shape index (κ2) is 6.08. The second-order valence-corrected chi connectivity index (χ2v) is 6.22. The van der Waals surface area contributed by atoms with Crippen LogP contribution in [0.1, 0.15) is 49.8 Å². The summed E-state index contributed by atoms with van der Waals surface area (Å²) < 4.78 is 0. The van der Waals surface area contributed by atoms with Gasteiger partial charge in [0.15, 0.2) is 0 Å². The zero-order valence-electron chi connectivity index (χ0n) is 11.7. The van der Waals surface area contributed by atoms with Crippen LogP contribution in [0.25, 0.3) is 0 Å². The van der Waals surface area contributed by atoms with E-state index >= 15 is 0 Å². The molecule has 0 bridgehead atoms. The molecule has 1 saturated carbocycles. The van der Waals surface area contributed by atoms with Crippen molar-refractivity contribution < 1.29 is 0 Å². The van der Waals surface area contributed by atoms with Gasteiger partial charge in [0.2, 0.25) is 0 Å². The van der Waals surface area contributed by atoms with Gasteiger partial charge in [-0.2, -0.15) is 0 Å². The summed E-state index contributed by atoms with van der Waals surface area (Å²) in [7, 11) is 2.08. The van der Waals surface area contributed by atoms with Crippen LogP contribution in [0.3, 0.4) is 0 Å². The van der Waals surface area contributed by atoms with Gasteiger partial charge in [-0.15, -0.1) is 0 Å². The molecule has 1 aromatic rings. The van der Waals surface area contributed by atoms with E-state index in [1.54, 1.807) is 0 Å². The fourth-order valence-electron chi connectivity index (χ4n) is 3.25. The van der Waals surface area contributed by atoms with E-state index in [-0.39, 0.29) is 0 Å². The van der Waals surface area contributed by atoms with Crippen LogP contribution in [0.5, 0.6) is 0 Å². The minimum Gasteiger partial charge on any atom is -0.313 e. The highest BCUT2D eigenvalue weighted by molar-refractivity contribution is 6.30. The van der Waals surface area contributed by atoms with E-state index in [2.05, 4.69) is 38.3 Å². The average molecular weight is 266 g/mol. The SMILES string of the molecule is CNC(c1ccc(Cl)cc1C)C1CCC(C)CC1. The highest BCUT2D eigenvalue weighted by Gasteiger charge is 2.26. The number of hydrogen-bond acceptors (Lipinski definition) is 1. The summed E-state index contributed by atoms with van der Waals surface area (Å²) >= 11 is 6.05. The van der Waals surface area contributed by atoms with Crippen molar-refractivity contribution in [3.05, 3.63) is 34.3 Å². The highest BCUT2D eigenvalue weighted by Crippen LogP contribution is 2.37. The lowest BCUT2D eigenvalue weighted by molar-refractivity contribution is 0.237. The van der Waals surface area contributed by atoms with Gasteiger partial charge in [-0.25, -0.2) is 0 Å². The molecule has 1 unspecified atom stereocenters. The first-order valence-electron chi connectivity index (χ1n) is 7.05. The van der Waals surface area contributed by atoms with Gasteiger partial charge in [0.1, 0.15) is 0 Å². The van der Waals surface area contributed by atoms with Crippen LogP contribution >= 0.6 is 11.6 Å². The van der Waals surface area contributed by atoms with Gasteiger partial charge in [0.25, 0.3) is 0 Å². The van der Waals surface area contributed by atoms with Crippen LogP contribution in [-0.2, 0) is 0 Å². The van der Waals surface area contributed by atoms with Gasteiger partial charge >= 0.3 is 0 Å². The predicted octanol–water partition coefficient (Wildman–Crippen LogP) is 4.74. The summed E-state index contributed by atoms with van der Waals surface area (Å²) in [6, 6.07) is 6.76. The Labute approximate surface area is 116 Å². The fraction of sp³-hybridized carbons (Fsp3) is 0.625. The Bertz CT molecular complexity index is 394. The summed E-state index contributed by atoms with van der Waals surface area (Å²) in [5.41, 5.74) is 2.72. The van der Waals surface area contributed by atoms with E-state index in [4.69, 9.17) is 11.6 Å². The number of aryl methyl sites for hydroxylation is 1. The summed E-state index contributed by atoms with van der Waals surface area (Å²) in [5, 5.41) is 4.36. The van der Waals surface area contributed by atoms with E-state index in [9.17, 15) is 0 Å². The minimum atomic E-state index is 0.481. The fourth-order valence-corrected chi connectivity index (χ4v) is 3.48. The molecule has 2 rings (SSSR count). The number of hydrogen-bond donors (Lipinski definition) is 1. The molecule has 1 atom stereocenters. The summed E-state index contributed by atoms with van der Waals surface area (Å²) in [4.78, 5) is 0. The van der Waals surface area contributed by atoms with Crippen molar-refractivity contribution in [2.75, 3.05) is 7.05 Å². The first-order valence-corrected chi connectivity index (χ1v) is 7.43. The highest BCUT2D eigenvalue weighted by atomic mass is 35.5. The normalized spacial score (nSPS) is 26.0. The molecular weight excluding hydrogens is 242 g/mol. The Morgan fingerprint density at radius 2 is 1.89 bits per heavy atom. The molecule has 0 aromatic heterocycles. The van der Waals surface area contributed by atoms with Crippen LogP contribution in [0, 0.1) is 18.8 Å². The van der Waals surface area contributed by atoms with Gasteiger partial charge in [-0.05, 0) is 61.9 Å². The van der Waals surface area contributed by atoms with Crippen LogP contribution < -0.4 is 5.32 Å². The van der Waals surface area contributed by atoms with Crippen LogP contribution in [-0.4, -0.2) is 7.05 Å². The lowest BCUT2D eigenvalue weighted by atomic mass is 9.77. The molecule has 0 radical (unpaired) electrons. The topological polar surface area (TPSA) is 12.0 Å². The number of benzene rings is 1. The lowest BCUT2D eigenvalue weighted by Crippen LogP contribution is -2.28. The van der Waals surface area contributed by atoms with Crippen LogP contribution in [0.15, 0.2) is 18.2 Å².